The zero-order valence-corrected chi connectivity index (χ0v) is 10.7. The molecule has 0 saturated carbocycles. The number of nitrogens with zero attached hydrogens (tertiary/aromatic N) is 4. The van der Waals surface area contributed by atoms with Crippen LogP contribution in [0.3, 0.4) is 0 Å². The van der Waals surface area contributed by atoms with Gasteiger partial charge in [0.1, 0.15) is 0 Å². The normalized spacial score (nSPS) is 12.6. The summed E-state index contributed by atoms with van der Waals surface area (Å²) in [5, 5.41) is 21.7. The maximum absolute atomic E-state index is 10.2. The molecular formula is C13H18N4O. The van der Waals surface area contributed by atoms with Gasteiger partial charge in [-0.25, -0.2) is 4.68 Å². The molecule has 0 bridgehead atoms. The first kappa shape index (κ1) is 12.7. The first-order valence-electron chi connectivity index (χ1n) is 6.23. The molecule has 1 atom stereocenters. The van der Waals surface area contributed by atoms with Crippen LogP contribution in [0.15, 0.2) is 24.3 Å². The molecule has 5 heteroatoms. The molecule has 2 aromatic rings. The van der Waals surface area contributed by atoms with Gasteiger partial charge in [-0.15, -0.1) is 5.10 Å². The lowest BCUT2D eigenvalue weighted by atomic mass is 9.98. The van der Waals surface area contributed by atoms with Crippen LogP contribution in [0.25, 0.3) is 11.4 Å². The van der Waals surface area contributed by atoms with E-state index in [1.54, 1.807) is 11.7 Å². The summed E-state index contributed by atoms with van der Waals surface area (Å²) in [5.74, 6) is 0.682. The Morgan fingerprint density at radius 3 is 2.78 bits per heavy atom. The van der Waals surface area contributed by atoms with Crippen molar-refractivity contribution in [3.8, 4) is 11.4 Å². The predicted molar refractivity (Wildman–Crippen MR) is 68.7 cm³/mol. The van der Waals surface area contributed by atoms with Crippen molar-refractivity contribution in [3.05, 3.63) is 29.8 Å². The van der Waals surface area contributed by atoms with Crippen LogP contribution in [0.4, 0.5) is 0 Å². The zero-order chi connectivity index (χ0) is 13.0. The summed E-state index contributed by atoms with van der Waals surface area (Å²) in [7, 11) is 1.80. The van der Waals surface area contributed by atoms with Gasteiger partial charge in [-0.2, -0.15) is 0 Å². The van der Waals surface area contributed by atoms with Crippen molar-refractivity contribution in [1.29, 1.82) is 0 Å². The van der Waals surface area contributed by atoms with E-state index in [-0.39, 0.29) is 0 Å². The standard InChI is InChI=1S/C13H18N4O/c1-3-4-9-12(18)10-7-5-6-8-11(10)13-14-15-16-17(13)2/h5-8,12,18H,3-4,9H2,1-2H3. The second-order valence-electron chi connectivity index (χ2n) is 4.37. The van der Waals surface area contributed by atoms with Gasteiger partial charge < -0.3 is 5.11 Å². The van der Waals surface area contributed by atoms with E-state index in [1.807, 2.05) is 24.3 Å². The Morgan fingerprint density at radius 2 is 2.11 bits per heavy atom. The Balaban J connectivity index is 2.34. The number of benzene rings is 1. The van der Waals surface area contributed by atoms with E-state index in [4.69, 9.17) is 0 Å². The van der Waals surface area contributed by atoms with Gasteiger partial charge in [0.15, 0.2) is 5.82 Å². The first-order valence-corrected chi connectivity index (χ1v) is 6.23. The van der Waals surface area contributed by atoms with Crippen molar-refractivity contribution in [2.24, 2.45) is 7.05 Å². The second-order valence-corrected chi connectivity index (χ2v) is 4.37. The van der Waals surface area contributed by atoms with E-state index in [0.717, 1.165) is 30.4 Å². The van der Waals surface area contributed by atoms with Crippen LogP contribution in [0.1, 0.15) is 37.9 Å². The fourth-order valence-electron chi connectivity index (χ4n) is 2.00. The number of aliphatic hydroxyl groups is 1. The molecule has 18 heavy (non-hydrogen) atoms. The molecule has 0 radical (unpaired) electrons. The second kappa shape index (κ2) is 5.73. The molecule has 5 nitrogen and oxygen atoms in total. The number of hydrogen-bond acceptors (Lipinski definition) is 4. The lowest BCUT2D eigenvalue weighted by molar-refractivity contribution is 0.164. The van der Waals surface area contributed by atoms with E-state index in [9.17, 15) is 5.11 Å². The van der Waals surface area contributed by atoms with Gasteiger partial charge in [-0.05, 0) is 22.4 Å². The summed E-state index contributed by atoms with van der Waals surface area (Å²) < 4.78 is 1.62. The van der Waals surface area contributed by atoms with Crippen molar-refractivity contribution in [3.63, 3.8) is 0 Å². The minimum atomic E-state index is -0.460. The van der Waals surface area contributed by atoms with Gasteiger partial charge in [0.2, 0.25) is 0 Å². The SMILES string of the molecule is CCCCC(O)c1ccccc1-c1nnnn1C. The van der Waals surface area contributed by atoms with Gasteiger partial charge >= 0.3 is 0 Å². The van der Waals surface area contributed by atoms with Crippen LogP contribution in [0, 0.1) is 0 Å². The van der Waals surface area contributed by atoms with Crippen LogP contribution in [-0.2, 0) is 7.05 Å². The number of unbranched alkanes of at least 4 members (excludes halogenated alkanes) is 1. The third kappa shape index (κ3) is 2.56. The monoisotopic (exact) mass is 246 g/mol. The minimum Gasteiger partial charge on any atom is -0.388 e. The number of tetrazole rings is 1. The van der Waals surface area contributed by atoms with E-state index in [2.05, 4.69) is 22.4 Å². The lowest BCUT2D eigenvalue weighted by Gasteiger charge is -2.14. The average molecular weight is 246 g/mol. The van der Waals surface area contributed by atoms with Crippen molar-refractivity contribution in [2.75, 3.05) is 0 Å². The molecule has 0 fully saturated rings. The van der Waals surface area contributed by atoms with Gasteiger partial charge in [0.05, 0.1) is 6.10 Å². The third-order valence-corrected chi connectivity index (χ3v) is 3.01. The Kier molecular flexibility index (Phi) is 4.04. The molecule has 0 aliphatic rings. The third-order valence-electron chi connectivity index (χ3n) is 3.01. The van der Waals surface area contributed by atoms with Gasteiger partial charge in [0, 0.05) is 12.6 Å². The molecule has 1 N–H and O–H groups in total. The van der Waals surface area contributed by atoms with E-state index in [1.165, 1.54) is 0 Å². The smallest absolute Gasteiger partial charge is 0.182 e. The fourth-order valence-corrected chi connectivity index (χ4v) is 2.00. The summed E-state index contributed by atoms with van der Waals surface area (Å²) in [5.41, 5.74) is 1.79. The Labute approximate surface area is 106 Å². The van der Waals surface area contributed by atoms with Gasteiger partial charge in [0.25, 0.3) is 0 Å². The van der Waals surface area contributed by atoms with Gasteiger partial charge in [-0.3, -0.25) is 0 Å². The average Bonchev–Trinajstić information content (AvgIpc) is 2.82. The molecule has 0 spiro atoms. The summed E-state index contributed by atoms with van der Waals surface area (Å²) >= 11 is 0. The summed E-state index contributed by atoms with van der Waals surface area (Å²) in [6.45, 7) is 2.12. The zero-order valence-electron chi connectivity index (χ0n) is 10.7. The van der Waals surface area contributed by atoms with Crippen LogP contribution in [-0.4, -0.2) is 25.3 Å². The largest absolute Gasteiger partial charge is 0.388 e. The molecule has 96 valence electrons. The molecule has 1 heterocycles. The number of rotatable bonds is 5. The maximum atomic E-state index is 10.2. The number of aliphatic hydroxyl groups excluding tert-OH is 1. The highest BCUT2D eigenvalue weighted by atomic mass is 16.3. The number of aryl methyl sites for hydroxylation is 1. The van der Waals surface area contributed by atoms with Crippen LogP contribution in [0.5, 0.6) is 0 Å². The van der Waals surface area contributed by atoms with Crippen molar-refractivity contribution >= 4 is 0 Å². The molecular weight excluding hydrogens is 228 g/mol. The van der Waals surface area contributed by atoms with E-state index in [0.29, 0.717) is 5.82 Å². The van der Waals surface area contributed by atoms with E-state index < -0.39 is 6.10 Å². The first-order chi connectivity index (χ1) is 8.74. The molecule has 1 unspecified atom stereocenters. The lowest BCUT2D eigenvalue weighted by Crippen LogP contribution is -2.03. The fraction of sp³-hybridized carbons (Fsp3) is 0.462. The maximum Gasteiger partial charge on any atom is 0.182 e. The Hall–Kier alpha value is -1.75. The highest BCUT2D eigenvalue weighted by Gasteiger charge is 2.16. The number of hydrogen-bond donors (Lipinski definition) is 1. The van der Waals surface area contributed by atoms with Crippen LogP contribution in [0.2, 0.25) is 0 Å². The van der Waals surface area contributed by atoms with Gasteiger partial charge in [-0.1, -0.05) is 44.0 Å². The molecule has 1 aromatic heterocycles. The molecule has 0 saturated heterocycles. The predicted octanol–water partition coefficient (Wildman–Crippen LogP) is 2.10. The molecule has 0 aliphatic heterocycles. The van der Waals surface area contributed by atoms with E-state index >= 15 is 0 Å². The quantitative estimate of drug-likeness (QED) is 0.877. The van der Waals surface area contributed by atoms with Crippen molar-refractivity contribution in [1.82, 2.24) is 20.2 Å². The highest BCUT2D eigenvalue weighted by molar-refractivity contribution is 5.60. The Bertz CT molecular complexity index is 509. The minimum absolute atomic E-state index is 0.460. The topological polar surface area (TPSA) is 63.8 Å². The summed E-state index contributed by atoms with van der Waals surface area (Å²) in [6, 6.07) is 7.73. The van der Waals surface area contributed by atoms with Crippen molar-refractivity contribution in [2.45, 2.75) is 32.3 Å². The van der Waals surface area contributed by atoms with Crippen molar-refractivity contribution < 1.29 is 5.11 Å². The molecule has 0 aliphatic carbocycles. The summed E-state index contributed by atoms with van der Waals surface area (Å²) in [6.07, 6.45) is 2.38. The summed E-state index contributed by atoms with van der Waals surface area (Å²) in [4.78, 5) is 0. The van der Waals surface area contributed by atoms with Crippen LogP contribution >= 0.6 is 0 Å². The number of aromatic nitrogens is 4. The molecule has 2 rings (SSSR count). The Morgan fingerprint density at radius 1 is 1.33 bits per heavy atom. The molecule has 1 aromatic carbocycles. The molecule has 0 amide bonds. The highest BCUT2D eigenvalue weighted by Crippen LogP contribution is 2.28. The van der Waals surface area contributed by atoms with Crippen LogP contribution < -0.4 is 0 Å².